The van der Waals surface area contributed by atoms with Crippen molar-refractivity contribution >= 4 is 5.91 Å². The molecule has 3 heterocycles. The first-order chi connectivity index (χ1) is 15.3. The third kappa shape index (κ3) is 5.04. The van der Waals surface area contributed by atoms with Crippen molar-refractivity contribution in [2.45, 2.75) is 31.4 Å². The van der Waals surface area contributed by atoms with Crippen LogP contribution in [0.25, 0.3) is 0 Å². The average molecular weight is 442 g/mol. The number of nitrogens with zero attached hydrogens (tertiary/aromatic N) is 3. The van der Waals surface area contributed by atoms with Crippen molar-refractivity contribution in [2.24, 2.45) is 0 Å². The molecule has 1 aromatic carbocycles. The van der Waals surface area contributed by atoms with E-state index in [1.54, 1.807) is 4.90 Å². The van der Waals surface area contributed by atoms with E-state index in [0.29, 0.717) is 19.5 Å². The number of carbonyl (C=O) groups excluding carboxylic acids is 1. The molecule has 1 aliphatic heterocycles. The highest BCUT2D eigenvalue weighted by Gasteiger charge is 2.30. The Labute approximate surface area is 182 Å². The van der Waals surface area contributed by atoms with E-state index in [0.717, 1.165) is 41.9 Å². The van der Waals surface area contributed by atoms with Gasteiger partial charge < -0.3 is 4.90 Å². The summed E-state index contributed by atoms with van der Waals surface area (Å²) in [6.45, 7) is 1.08. The molecular weight excluding hydrogens is 421 g/mol. The zero-order valence-corrected chi connectivity index (χ0v) is 17.1. The maximum absolute atomic E-state index is 12.8. The summed E-state index contributed by atoms with van der Waals surface area (Å²) in [5, 5.41) is 6.10. The minimum Gasteiger partial charge on any atom is -0.337 e. The summed E-state index contributed by atoms with van der Waals surface area (Å²) in [6.07, 6.45) is -2.25. The number of rotatable bonds is 4. The molecule has 2 aromatic heterocycles. The minimum absolute atomic E-state index is 0.0445. The van der Waals surface area contributed by atoms with E-state index < -0.39 is 11.7 Å². The molecule has 3 aromatic rings. The summed E-state index contributed by atoms with van der Waals surface area (Å²) in [5.41, 5.74) is 1.50. The number of hydrogen-bond donors (Lipinski definition) is 1. The SMILES string of the molecule is O=C(c1ccc(=O)[nH]n1)N1CCC[C@H](c2cccc(Cc3ccc(C(F)(F)F)cc3)n2)C1. The average Bonchev–Trinajstić information content (AvgIpc) is 2.79. The van der Waals surface area contributed by atoms with E-state index >= 15 is 0 Å². The fraction of sp³-hybridized carbons (Fsp3) is 0.304. The second kappa shape index (κ2) is 8.94. The van der Waals surface area contributed by atoms with Gasteiger partial charge in [0.25, 0.3) is 11.5 Å². The van der Waals surface area contributed by atoms with Crippen molar-refractivity contribution in [2.75, 3.05) is 13.1 Å². The van der Waals surface area contributed by atoms with Gasteiger partial charge in [0.2, 0.25) is 0 Å². The molecule has 1 aliphatic rings. The lowest BCUT2D eigenvalue weighted by molar-refractivity contribution is -0.137. The highest BCUT2D eigenvalue weighted by atomic mass is 19.4. The van der Waals surface area contributed by atoms with Gasteiger partial charge in [-0.3, -0.25) is 14.6 Å². The number of aromatic amines is 1. The summed E-state index contributed by atoms with van der Waals surface area (Å²) in [6, 6.07) is 13.4. The molecule has 32 heavy (non-hydrogen) atoms. The van der Waals surface area contributed by atoms with Crippen molar-refractivity contribution in [3.8, 4) is 0 Å². The Morgan fingerprint density at radius 3 is 2.56 bits per heavy atom. The molecular formula is C23H21F3N4O2. The third-order valence-electron chi connectivity index (χ3n) is 5.52. The van der Waals surface area contributed by atoms with Gasteiger partial charge in [0.15, 0.2) is 0 Å². The van der Waals surface area contributed by atoms with Crippen LogP contribution >= 0.6 is 0 Å². The van der Waals surface area contributed by atoms with E-state index in [1.165, 1.54) is 24.3 Å². The van der Waals surface area contributed by atoms with Crippen LogP contribution in [-0.2, 0) is 12.6 Å². The van der Waals surface area contributed by atoms with Crippen LogP contribution in [0.1, 0.15) is 51.8 Å². The standard InChI is InChI=1S/C23H21F3N4O2/c24-23(25,26)17-8-6-15(7-9-17)13-18-4-1-5-19(27-18)16-3-2-12-30(14-16)22(32)20-10-11-21(31)29-28-20/h1,4-11,16H,2-3,12-14H2,(H,29,31)/t16-/m0/s1. The fourth-order valence-corrected chi connectivity index (χ4v) is 3.87. The summed E-state index contributed by atoms with van der Waals surface area (Å²) < 4.78 is 38.3. The van der Waals surface area contributed by atoms with Gasteiger partial charge in [-0.1, -0.05) is 18.2 Å². The zero-order chi connectivity index (χ0) is 22.7. The van der Waals surface area contributed by atoms with Crippen LogP contribution in [0.5, 0.6) is 0 Å². The molecule has 4 rings (SSSR count). The molecule has 0 saturated carbocycles. The number of halogens is 3. The van der Waals surface area contributed by atoms with Gasteiger partial charge in [0.05, 0.1) is 5.56 Å². The number of likely N-dealkylation sites (tertiary alicyclic amines) is 1. The maximum atomic E-state index is 12.8. The Morgan fingerprint density at radius 2 is 1.88 bits per heavy atom. The zero-order valence-electron chi connectivity index (χ0n) is 17.1. The van der Waals surface area contributed by atoms with Crippen molar-refractivity contribution in [1.82, 2.24) is 20.1 Å². The molecule has 0 unspecified atom stereocenters. The predicted octanol–water partition coefficient (Wildman–Crippen LogP) is 3.79. The smallest absolute Gasteiger partial charge is 0.337 e. The van der Waals surface area contributed by atoms with E-state index in [-0.39, 0.29) is 23.1 Å². The molecule has 1 N–H and O–H groups in total. The second-order valence-electron chi connectivity index (χ2n) is 7.82. The van der Waals surface area contributed by atoms with Crippen LogP contribution in [0.4, 0.5) is 13.2 Å². The monoisotopic (exact) mass is 442 g/mol. The number of aromatic nitrogens is 3. The highest BCUT2D eigenvalue weighted by molar-refractivity contribution is 5.92. The van der Waals surface area contributed by atoms with Crippen LogP contribution in [0.15, 0.2) is 59.4 Å². The second-order valence-corrected chi connectivity index (χ2v) is 7.82. The molecule has 1 saturated heterocycles. The third-order valence-corrected chi connectivity index (χ3v) is 5.52. The number of piperidine rings is 1. The number of benzene rings is 1. The Bertz CT molecular complexity index is 1140. The Kier molecular flexibility index (Phi) is 6.07. The lowest BCUT2D eigenvalue weighted by atomic mass is 9.93. The molecule has 0 aliphatic carbocycles. The lowest BCUT2D eigenvalue weighted by Crippen LogP contribution is -2.40. The molecule has 166 valence electrons. The summed E-state index contributed by atoms with van der Waals surface area (Å²) in [7, 11) is 0. The van der Waals surface area contributed by atoms with E-state index in [2.05, 4.69) is 10.2 Å². The molecule has 1 amide bonds. The highest BCUT2D eigenvalue weighted by Crippen LogP contribution is 2.30. The molecule has 6 nitrogen and oxygen atoms in total. The van der Waals surface area contributed by atoms with Gasteiger partial charge in [-0.15, -0.1) is 0 Å². The Balaban J connectivity index is 1.46. The van der Waals surface area contributed by atoms with Crippen LogP contribution < -0.4 is 5.56 Å². The first-order valence-electron chi connectivity index (χ1n) is 10.3. The quantitative estimate of drug-likeness (QED) is 0.667. The van der Waals surface area contributed by atoms with Crippen LogP contribution in [0.3, 0.4) is 0 Å². The van der Waals surface area contributed by atoms with E-state index in [1.807, 2.05) is 18.2 Å². The van der Waals surface area contributed by atoms with Crippen LogP contribution in [0.2, 0.25) is 0 Å². The predicted molar refractivity (Wildman–Crippen MR) is 111 cm³/mol. The number of nitrogens with one attached hydrogen (secondary N) is 1. The number of hydrogen-bond acceptors (Lipinski definition) is 4. The number of alkyl halides is 3. The molecule has 0 spiro atoms. The Morgan fingerprint density at radius 1 is 1.09 bits per heavy atom. The van der Waals surface area contributed by atoms with Crippen LogP contribution in [0, 0.1) is 0 Å². The Hall–Kier alpha value is -3.49. The van der Waals surface area contributed by atoms with Gasteiger partial charge in [-0.05, 0) is 48.7 Å². The van der Waals surface area contributed by atoms with Crippen LogP contribution in [-0.4, -0.2) is 39.1 Å². The molecule has 0 bridgehead atoms. The number of H-pyrrole nitrogens is 1. The summed E-state index contributed by atoms with van der Waals surface area (Å²) in [5.74, 6) is -0.199. The van der Waals surface area contributed by atoms with Gasteiger partial charge in [0, 0.05) is 42.9 Å². The number of pyridine rings is 1. The first-order valence-corrected chi connectivity index (χ1v) is 10.3. The van der Waals surface area contributed by atoms with E-state index in [4.69, 9.17) is 4.98 Å². The van der Waals surface area contributed by atoms with Crippen molar-refractivity contribution in [3.05, 3.63) is 93.2 Å². The van der Waals surface area contributed by atoms with Gasteiger partial charge in [-0.2, -0.15) is 18.3 Å². The normalized spacial score (nSPS) is 16.7. The molecule has 0 radical (unpaired) electrons. The lowest BCUT2D eigenvalue weighted by Gasteiger charge is -2.32. The number of amides is 1. The minimum atomic E-state index is -4.36. The van der Waals surface area contributed by atoms with Gasteiger partial charge in [-0.25, -0.2) is 5.10 Å². The largest absolute Gasteiger partial charge is 0.416 e. The molecule has 1 fully saturated rings. The topological polar surface area (TPSA) is 79.0 Å². The van der Waals surface area contributed by atoms with Crippen molar-refractivity contribution < 1.29 is 18.0 Å². The summed E-state index contributed by atoms with van der Waals surface area (Å²) >= 11 is 0. The maximum Gasteiger partial charge on any atom is 0.416 e. The van der Waals surface area contributed by atoms with E-state index in [9.17, 15) is 22.8 Å². The van der Waals surface area contributed by atoms with Gasteiger partial charge >= 0.3 is 6.18 Å². The number of carbonyl (C=O) groups is 1. The van der Waals surface area contributed by atoms with Gasteiger partial charge in [0.1, 0.15) is 5.69 Å². The first kappa shape index (κ1) is 21.7. The van der Waals surface area contributed by atoms with Crippen molar-refractivity contribution in [3.63, 3.8) is 0 Å². The molecule has 1 atom stereocenters. The fourth-order valence-electron chi connectivity index (χ4n) is 3.87. The molecule has 9 heteroatoms. The summed E-state index contributed by atoms with van der Waals surface area (Å²) in [4.78, 5) is 30.3. The van der Waals surface area contributed by atoms with Crippen molar-refractivity contribution in [1.29, 1.82) is 0 Å².